The lowest BCUT2D eigenvalue weighted by molar-refractivity contribution is 0.0952. The van der Waals surface area contributed by atoms with Crippen molar-refractivity contribution >= 4 is 18.3 Å². The largest absolute Gasteiger partial charge is 0.290 e. The fourth-order valence-electron chi connectivity index (χ4n) is 0.779. The third-order valence-corrected chi connectivity index (χ3v) is 1.41. The van der Waals surface area contributed by atoms with Gasteiger partial charge >= 0.3 is 0 Å². The Kier molecular flexibility index (Phi) is 4.25. The van der Waals surface area contributed by atoms with Crippen LogP contribution in [0.5, 0.6) is 0 Å². The van der Waals surface area contributed by atoms with Gasteiger partial charge < -0.3 is 0 Å². The average Bonchev–Trinajstić information content (AvgIpc) is 2.04. The average molecular weight is 188 g/mol. The highest BCUT2D eigenvalue weighted by atomic mass is 35.5. The van der Waals surface area contributed by atoms with Crippen LogP contribution < -0.4 is 11.3 Å². The normalized spacial score (nSPS) is 8.50. The summed E-state index contributed by atoms with van der Waals surface area (Å²) in [5, 5.41) is 0. The van der Waals surface area contributed by atoms with Crippen LogP contribution in [0.15, 0.2) is 18.5 Å². The smallest absolute Gasteiger partial charge is 0.267 e. The van der Waals surface area contributed by atoms with Gasteiger partial charge in [0.25, 0.3) is 5.91 Å². The summed E-state index contributed by atoms with van der Waals surface area (Å²) in [6, 6.07) is 1.75. The molecule has 0 unspecified atom stereocenters. The molecule has 0 atom stereocenters. The highest BCUT2D eigenvalue weighted by molar-refractivity contribution is 5.94. The number of nitrogens with zero attached hydrogens (tertiary/aromatic N) is 1. The molecule has 4 nitrogen and oxygen atoms in total. The highest BCUT2D eigenvalue weighted by Crippen LogP contribution is 2.03. The van der Waals surface area contributed by atoms with Crippen LogP contribution in [0.1, 0.15) is 15.9 Å². The molecule has 0 saturated carbocycles. The van der Waals surface area contributed by atoms with Gasteiger partial charge in [-0.15, -0.1) is 12.4 Å². The van der Waals surface area contributed by atoms with Crippen molar-refractivity contribution in [3.8, 4) is 0 Å². The van der Waals surface area contributed by atoms with E-state index in [9.17, 15) is 4.79 Å². The van der Waals surface area contributed by atoms with Gasteiger partial charge in [0, 0.05) is 12.4 Å². The molecule has 0 aliphatic heterocycles. The lowest BCUT2D eigenvalue weighted by Gasteiger charge is -2.00. The number of hydrazine groups is 1. The SMILES string of the molecule is Cc1ccncc1C(=O)NN.Cl. The van der Waals surface area contributed by atoms with E-state index in [-0.39, 0.29) is 18.3 Å². The van der Waals surface area contributed by atoms with Gasteiger partial charge in [0.05, 0.1) is 5.56 Å². The molecule has 1 aromatic rings. The molecule has 1 heterocycles. The van der Waals surface area contributed by atoms with Crippen molar-refractivity contribution in [2.45, 2.75) is 6.92 Å². The number of nitrogens with two attached hydrogens (primary N) is 1. The van der Waals surface area contributed by atoms with Crippen molar-refractivity contribution in [1.29, 1.82) is 0 Å². The van der Waals surface area contributed by atoms with E-state index in [2.05, 4.69) is 4.98 Å². The first kappa shape index (κ1) is 10.9. The Morgan fingerprint density at radius 1 is 1.67 bits per heavy atom. The molecule has 3 N–H and O–H groups in total. The quantitative estimate of drug-likeness (QED) is 0.380. The van der Waals surface area contributed by atoms with Crippen molar-refractivity contribution in [2.24, 2.45) is 5.84 Å². The van der Waals surface area contributed by atoms with E-state index in [4.69, 9.17) is 5.84 Å². The number of nitrogen functional groups attached to an aromatic ring is 1. The summed E-state index contributed by atoms with van der Waals surface area (Å²) in [7, 11) is 0. The number of carbonyl (C=O) groups is 1. The maximum Gasteiger partial charge on any atom is 0.267 e. The zero-order valence-corrected chi connectivity index (χ0v) is 7.39. The molecule has 0 aromatic carbocycles. The number of nitrogens with one attached hydrogen (secondary N) is 1. The fraction of sp³-hybridized carbons (Fsp3) is 0.143. The van der Waals surface area contributed by atoms with Gasteiger partial charge in [-0.2, -0.15) is 0 Å². The topological polar surface area (TPSA) is 68.0 Å². The monoisotopic (exact) mass is 187 g/mol. The van der Waals surface area contributed by atoms with Crippen molar-refractivity contribution in [2.75, 3.05) is 0 Å². The molecule has 5 heteroatoms. The summed E-state index contributed by atoms with van der Waals surface area (Å²) in [4.78, 5) is 14.8. The van der Waals surface area contributed by atoms with E-state index in [1.807, 2.05) is 12.3 Å². The minimum atomic E-state index is -0.310. The number of carbonyl (C=O) groups excluding carboxylic acids is 1. The molecule has 0 saturated heterocycles. The third-order valence-electron chi connectivity index (χ3n) is 1.41. The van der Waals surface area contributed by atoms with Gasteiger partial charge in [0.2, 0.25) is 0 Å². The van der Waals surface area contributed by atoms with Crippen LogP contribution in [-0.4, -0.2) is 10.9 Å². The summed E-state index contributed by atoms with van der Waals surface area (Å²) in [6.07, 6.45) is 3.11. The molecule has 0 radical (unpaired) electrons. The number of pyridine rings is 1. The zero-order chi connectivity index (χ0) is 8.27. The van der Waals surface area contributed by atoms with E-state index in [0.29, 0.717) is 5.56 Å². The van der Waals surface area contributed by atoms with Crippen molar-refractivity contribution in [1.82, 2.24) is 10.4 Å². The van der Waals surface area contributed by atoms with Crippen LogP contribution in [0.3, 0.4) is 0 Å². The second kappa shape index (κ2) is 4.69. The van der Waals surface area contributed by atoms with Gasteiger partial charge in [-0.05, 0) is 18.6 Å². The Hall–Kier alpha value is -1.13. The third kappa shape index (κ3) is 2.18. The number of halogens is 1. The lowest BCUT2D eigenvalue weighted by atomic mass is 10.1. The zero-order valence-electron chi connectivity index (χ0n) is 6.57. The summed E-state index contributed by atoms with van der Waals surface area (Å²) < 4.78 is 0. The highest BCUT2D eigenvalue weighted by Gasteiger charge is 2.05. The molecular weight excluding hydrogens is 178 g/mol. The van der Waals surface area contributed by atoms with Crippen LogP contribution in [0.4, 0.5) is 0 Å². The number of aryl methyl sites for hydroxylation is 1. The maximum absolute atomic E-state index is 11.0. The molecule has 1 aromatic heterocycles. The molecular formula is C7H10ClN3O. The molecule has 0 spiro atoms. The van der Waals surface area contributed by atoms with Crippen LogP contribution in [0.25, 0.3) is 0 Å². The van der Waals surface area contributed by atoms with E-state index in [0.717, 1.165) is 5.56 Å². The lowest BCUT2D eigenvalue weighted by Crippen LogP contribution is -2.30. The first-order chi connectivity index (χ1) is 5.25. The molecule has 12 heavy (non-hydrogen) atoms. The molecule has 0 aliphatic rings. The second-order valence-electron chi connectivity index (χ2n) is 2.16. The summed E-state index contributed by atoms with van der Waals surface area (Å²) >= 11 is 0. The van der Waals surface area contributed by atoms with E-state index >= 15 is 0 Å². The number of aromatic nitrogens is 1. The van der Waals surface area contributed by atoms with E-state index < -0.39 is 0 Å². The molecule has 0 aliphatic carbocycles. The predicted octanol–water partition coefficient (Wildman–Crippen LogP) is 0.415. The van der Waals surface area contributed by atoms with Crippen molar-refractivity contribution in [3.05, 3.63) is 29.6 Å². The Bertz CT molecular complexity index is 277. The van der Waals surface area contributed by atoms with Crippen LogP contribution in [-0.2, 0) is 0 Å². The van der Waals surface area contributed by atoms with Crippen LogP contribution in [0, 0.1) is 6.92 Å². The summed E-state index contributed by atoms with van der Waals surface area (Å²) in [6.45, 7) is 1.83. The van der Waals surface area contributed by atoms with E-state index in [1.165, 1.54) is 6.20 Å². The molecule has 0 bridgehead atoms. The Morgan fingerprint density at radius 2 is 2.33 bits per heavy atom. The Labute approximate surface area is 76.6 Å². The minimum Gasteiger partial charge on any atom is -0.290 e. The van der Waals surface area contributed by atoms with E-state index in [1.54, 1.807) is 12.3 Å². The number of hydrogen-bond donors (Lipinski definition) is 2. The number of rotatable bonds is 1. The summed E-state index contributed by atoms with van der Waals surface area (Å²) in [5.74, 6) is 4.64. The minimum absolute atomic E-state index is 0. The van der Waals surface area contributed by atoms with Crippen molar-refractivity contribution < 1.29 is 4.79 Å². The molecule has 0 fully saturated rings. The second-order valence-corrected chi connectivity index (χ2v) is 2.16. The van der Waals surface area contributed by atoms with Gasteiger partial charge in [0.1, 0.15) is 0 Å². The first-order valence-corrected chi connectivity index (χ1v) is 3.17. The number of amides is 1. The van der Waals surface area contributed by atoms with Gasteiger partial charge in [-0.25, -0.2) is 5.84 Å². The van der Waals surface area contributed by atoms with Gasteiger partial charge in [0.15, 0.2) is 0 Å². The van der Waals surface area contributed by atoms with Gasteiger partial charge in [-0.3, -0.25) is 15.2 Å². The van der Waals surface area contributed by atoms with Crippen LogP contribution >= 0.6 is 12.4 Å². The molecule has 1 amide bonds. The number of hydrogen-bond acceptors (Lipinski definition) is 3. The Balaban J connectivity index is 0.00000121. The van der Waals surface area contributed by atoms with Crippen LogP contribution in [0.2, 0.25) is 0 Å². The van der Waals surface area contributed by atoms with Gasteiger partial charge in [-0.1, -0.05) is 0 Å². The first-order valence-electron chi connectivity index (χ1n) is 3.17. The maximum atomic E-state index is 11.0. The predicted molar refractivity (Wildman–Crippen MR) is 47.9 cm³/mol. The Morgan fingerprint density at radius 3 is 2.83 bits per heavy atom. The molecule has 1 rings (SSSR count). The molecule has 66 valence electrons. The fourth-order valence-corrected chi connectivity index (χ4v) is 0.779. The summed E-state index contributed by atoms with van der Waals surface area (Å²) in [5.41, 5.74) is 3.42. The van der Waals surface area contributed by atoms with Crippen molar-refractivity contribution in [3.63, 3.8) is 0 Å². The standard InChI is InChI=1S/C7H9N3O.ClH/c1-5-2-3-9-4-6(5)7(11)10-8;/h2-4H,8H2,1H3,(H,10,11);1H.